The fourth-order valence-corrected chi connectivity index (χ4v) is 1.86. The van der Waals surface area contributed by atoms with Gasteiger partial charge in [0, 0.05) is 12.1 Å². The number of hydrogen-bond acceptors (Lipinski definition) is 3. The Bertz CT molecular complexity index is 214. The Hall–Kier alpha value is -0.840. The molecule has 0 aromatic carbocycles. The molecule has 5 heteroatoms. The Morgan fingerprint density at radius 1 is 1.62 bits per heavy atom. The van der Waals surface area contributed by atoms with Crippen LogP contribution in [-0.2, 0) is 4.74 Å². The highest BCUT2D eigenvalue weighted by atomic mass is 19.1. The number of rotatable bonds is 6. The van der Waals surface area contributed by atoms with Crippen molar-refractivity contribution in [1.82, 2.24) is 10.6 Å². The largest absolute Gasteiger partial charge is 0.450 e. The number of halogens is 1. The first-order chi connectivity index (χ1) is 7.77. The quantitative estimate of drug-likeness (QED) is 0.684. The summed E-state index contributed by atoms with van der Waals surface area (Å²) in [6, 6.07) is 0.0496. The molecule has 1 saturated heterocycles. The van der Waals surface area contributed by atoms with Gasteiger partial charge in [0.05, 0.1) is 13.3 Å². The lowest BCUT2D eigenvalue weighted by Crippen LogP contribution is -2.44. The van der Waals surface area contributed by atoms with Gasteiger partial charge < -0.3 is 15.4 Å². The predicted octanol–water partition coefficient (Wildman–Crippen LogP) is 1.60. The molecule has 2 N–H and O–H groups in total. The van der Waals surface area contributed by atoms with Crippen LogP contribution >= 0.6 is 0 Å². The molecule has 0 aromatic heterocycles. The molecule has 0 aromatic rings. The summed E-state index contributed by atoms with van der Waals surface area (Å²) < 4.78 is 17.2. The van der Waals surface area contributed by atoms with E-state index in [0.29, 0.717) is 13.0 Å². The third-order valence-corrected chi connectivity index (χ3v) is 2.80. The highest BCUT2D eigenvalue weighted by Gasteiger charge is 2.27. The van der Waals surface area contributed by atoms with Gasteiger partial charge in [0.15, 0.2) is 0 Å². The van der Waals surface area contributed by atoms with E-state index in [1.165, 1.54) is 0 Å². The zero-order chi connectivity index (χ0) is 11.8. The minimum Gasteiger partial charge on any atom is -0.450 e. The van der Waals surface area contributed by atoms with Gasteiger partial charge in [-0.1, -0.05) is 13.3 Å². The Morgan fingerprint density at radius 3 is 3.12 bits per heavy atom. The predicted molar refractivity (Wildman–Crippen MR) is 60.2 cm³/mol. The number of alkyl halides is 1. The third-order valence-electron chi connectivity index (χ3n) is 2.80. The van der Waals surface area contributed by atoms with Crippen LogP contribution in [0.1, 0.15) is 32.6 Å². The maximum atomic E-state index is 12.2. The fraction of sp³-hybridized carbons (Fsp3) is 0.909. The zero-order valence-corrected chi connectivity index (χ0v) is 9.80. The summed E-state index contributed by atoms with van der Waals surface area (Å²) in [5.74, 6) is 0. The van der Waals surface area contributed by atoms with Crippen molar-refractivity contribution in [3.63, 3.8) is 0 Å². The van der Waals surface area contributed by atoms with Gasteiger partial charge >= 0.3 is 6.09 Å². The fourth-order valence-electron chi connectivity index (χ4n) is 1.86. The SMILES string of the molecule is CCCCOC(=O)NC1CCN[C@@H]1CCF. The van der Waals surface area contributed by atoms with Crippen LogP contribution in [0.15, 0.2) is 0 Å². The molecule has 1 heterocycles. The average molecular weight is 232 g/mol. The lowest BCUT2D eigenvalue weighted by atomic mass is 10.1. The molecule has 0 aliphatic carbocycles. The van der Waals surface area contributed by atoms with E-state index in [-0.39, 0.29) is 24.9 Å². The van der Waals surface area contributed by atoms with E-state index < -0.39 is 0 Å². The van der Waals surface area contributed by atoms with Gasteiger partial charge in [0.25, 0.3) is 0 Å². The molecule has 0 saturated carbocycles. The maximum Gasteiger partial charge on any atom is 0.407 e. The van der Waals surface area contributed by atoms with Gasteiger partial charge in [0.2, 0.25) is 0 Å². The van der Waals surface area contributed by atoms with Gasteiger partial charge in [-0.3, -0.25) is 4.39 Å². The van der Waals surface area contributed by atoms with Crippen molar-refractivity contribution < 1.29 is 13.9 Å². The summed E-state index contributed by atoms with van der Waals surface area (Å²) >= 11 is 0. The van der Waals surface area contributed by atoms with E-state index >= 15 is 0 Å². The van der Waals surface area contributed by atoms with E-state index in [1.54, 1.807) is 0 Å². The van der Waals surface area contributed by atoms with Gasteiger partial charge in [-0.15, -0.1) is 0 Å². The van der Waals surface area contributed by atoms with Gasteiger partial charge in [0.1, 0.15) is 0 Å². The Morgan fingerprint density at radius 2 is 2.44 bits per heavy atom. The standard InChI is InChI=1S/C11H21FN2O2/c1-2-3-8-16-11(15)14-10-5-7-13-9(10)4-6-12/h9-10,13H,2-8H2,1H3,(H,14,15)/t9-,10?/m1/s1. The number of unbranched alkanes of at least 4 members (excludes halogenated alkanes) is 1. The van der Waals surface area contributed by atoms with Crippen LogP contribution in [0.3, 0.4) is 0 Å². The van der Waals surface area contributed by atoms with Crippen molar-refractivity contribution in [2.45, 2.75) is 44.7 Å². The molecule has 1 rings (SSSR count). The zero-order valence-electron chi connectivity index (χ0n) is 9.80. The van der Waals surface area contributed by atoms with E-state index in [2.05, 4.69) is 10.6 Å². The summed E-state index contributed by atoms with van der Waals surface area (Å²) in [4.78, 5) is 11.4. The molecule has 4 nitrogen and oxygen atoms in total. The first-order valence-electron chi connectivity index (χ1n) is 6.00. The van der Waals surface area contributed by atoms with Crippen molar-refractivity contribution in [3.05, 3.63) is 0 Å². The second-order valence-electron chi connectivity index (χ2n) is 4.07. The van der Waals surface area contributed by atoms with Gasteiger partial charge in [-0.05, 0) is 25.8 Å². The second kappa shape index (κ2) is 7.44. The van der Waals surface area contributed by atoms with Crippen LogP contribution in [-0.4, -0.2) is 38.0 Å². The number of amides is 1. The van der Waals surface area contributed by atoms with Crippen molar-refractivity contribution in [2.24, 2.45) is 0 Å². The molecule has 94 valence electrons. The van der Waals surface area contributed by atoms with Crippen molar-refractivity contribution in [1.29, 1.82) is 0 Å². The Labute approximate surface area is 95.9 Å². The Balaban J connectivity index is 2.21. The smallest absolute Gasteiger partial charge is 0.407 e. The van der Waals surface area contributed by atoms with Crippen molar-refractivity contribution in [2.75, 3.05) is 19.8 Å². The molecule has 0 radical (unpaired) electrons. The summed E-state index contributed by atoms with van der Waals surface area (Å²) in [5.41, 5.74) is 0. The number of carbonyl (C=O) groups is 1. The molecule has 1 aliphatic rings. The molecular formula is C11H21FN2O2. The summed E-state index contributed by atoms with van der Waals surface area (Å²) in [5, 5.41) is 5.95. The average Bonchev–Trinajstić information content (AvgIpc) is 2.67. The number of hydrogen-bond donors (Lipinski definition) is 2. The molecule has 2 atom stereocenters. The lowest BCUT2D eigenvalue weighted by Gasteiger charge is -2.19. The van der Waals surface area contributed by atoms with E-state index in [4.69, 9.17) is 4.74 Å². The lowest BCUT2D eigenvalue weighted by molar-refractivity contribution is 0.139. The Kier molecular flexibility index (Phi) is 6.15. The van der Waals surface area contributed by atoms with Crippen molar-refractivity contribution in [3.8, 4) is 0 Å². The van der Waals surface area contributed by atoms with Crippen LogP contribution in [0, 0.1) is 0 Å². The molecule has 16 heavy (non-hydrogen) atoms. The first-order valence-corrected chi connectivity index (χ1v) is 6.00. The van der Waals surface area contributed by atoms with Crippen LogP contribution in [0.2, 0.25) is 0 Å². The topological polar surface area (TPSA) is 50.4 Å². The number of carbonyl (C=O) groups excluding carboxylic acids is 1. The summed E-state index contributed by atoms with van der Waals surface area (Å²) in [7, 11) is 0. The van der Waals surface area contributed by atoms with Crippen LogP contribution in [0.25, 0.3) is 0 Å². The number of ether oxygens (including phenoxy) is 1. The van der Waals surface area contributed by atoms with Gasteiger partial charge in [-0.25, -0.2) is 4.79 Å². The van der Waals surface area contributed by atoms with Crippen molar-refractivity contribution >= 4 is 6.09 Å². The van der Waals surface area contributed by atoms with Crippen LogP contribution < -0.4 is 10.6 Å². The summed E-state index contributed by atoms with van der Waals surface area (Å²) in [6.07, 6.45) is 2.78. The van der Waals surface area contributed by atoms with E-state index in [1.807, 2.05) is 6.92 Å². The molecule has 0 bridgehead atoms. The molecule has 1 fully saturated rings. The van der Waals surface area contributed by atoms with Crippen LogP contribution in [0.4, 0.5) is 9.18 Å². The monoisotopic (exact) mass is 232 g/mol. The number of nitrogens with one attached hydrogen (secondary N) is 2. The minimum atomic E-state index is -0.383. The minimum absolute atomic E-state index is 0.00452. The summed E-state index contributed by atoms with van der Waals surface area (Å²) in [6.45, 7) is 2.96. The van der Waals surface area contributed by atoms with E-state index in [9.17, 15) is 9.18 Å². The normalized spacial score (nSPS) is 24.4. The molecule has 1 amide bonds. The molecule has 1 aliphatic heterocycles. The third kappa shape index (κ3) is 4.35. The highest BCUT2D eigenvalue weighted by molar-refractivity contribution is 5.67. The molecular weight excluding hydrogens is 211 g/mol. The molecule has 1 unspecified atom stereocenters. The second-order valence-corrected chi connectivity index (χ2v) is 4.07. The van der Waals surface area contributed by atoms with Gasteiger partial charge in [-0.2, -0.15) is 0 Å². The highest BCUT2D eigenvalue weighted by Crippen LogP contribution is 2.10. The maximum absolute atomic E-state index is 12.2. The molecule has 0 spiro atoms. The van der Waals surface area contributed by atoms with E-state index in [0.717, 1.165) is 25.8 Å². The first kappa shape index (κ1) is 13.2. The van der Waals surface area contributed by atoms with Crippen LogP contribution in [0.5, 0.6) is 0 Å². The number of alkyl carbamates (subject to hydrolysis) is 1.